The number of benzene rings is 6. The van der Waals surface area contributed by atoms with Gasteiger partial charge in [0.05, 0.1) is 29.2 Å². The van der Waals surface area contributed by atoms with Crippen LogP contribution in [0.15, 0.2) is 113 Å². The Morgan fingerprint density at radius 3 is 1.83 bits per heavy atom. The van der Waals surface area contributed by atoms with Crippen molar-refractivity contribution in [2.45, 2.75) is 0 Å². The number of fused-ring (bicyclic) bond motifs is 2. The van der Waals surface area contributed by atoms with Crippen molar-refractivity contribution in [3.05, 3.63) is 125 Å². The second-order valence-corrected chi connectivity index (χ2v) is 9.86. The average molecular weight is 551 g/mol. The van der Waals surface area contributed by atoms with Gasteiger partial charge < -0.3 is 10.2 Å². The maximum absolute atomic E-state index is 13.5. The second kappa shape index (κ2) is 9.87. The summed E-state index contributed by atoms with van der Waals surface area (Å²) >= 11 is 0. The molecule has 3 N–H and O–H groups in total. The Morgan fingerprint density at radius 1 is 0.595 bits per heavy atom. The van der Waals surface area contributed by atoms with E-state index >= 15 is 0 Å². The fourth-order valence-electron chi connectivity index (χ4n) is 5.41. The molecule has 1 aliphatic heterocycles. The number of phenols is 2. The lowest BCUT2D eigenvalue weighted by Crippen LogP contribution is -2.36. The maximum Gasteiger partial charge on any atom is 0.282 e. The summed E-state index contributed by atoms with van der Waals surface area (Å²) in [5.74, 6) is -1.06. The first-order valence-electron chi connectivity index (χ1n) is 13.2. The second-order valence-electron chi connectivity index (χ2n) is 9.86. The van der Waals surface area contributed by atoms with Gasteiger partial charge in [0.1, 0.15) is 11.5 Å². The SMILES string of the molecule is O=C1c2cccc3c(NN=Cc4c(O)ccc5ccccc45)ccc(c23)C(=O)N1N=Cc1c(O)ccc2ccccc12. The van der Waals surface area contributed by atoms with E-state index in [4.69, 9.17) is 0 Å². The predicted molar refractivity (Wildman–Crippen MR) is 164 cm³/mol. The molecule has 0 saturated carbocycles. The first-order valence-corrected chi connectivity index (χ1v) is 13.2. The summed E-state index contributed by atoms with van der Waals surface area (Å²) in [7, 11) is 0. The van der Waals surface area contributed by atoms with Crippen LogP contribution in [0.25, 0.3) is 32.3 Å². The minimum atomic E-state index is -0.574. The molecule has 0 saturated heterocycles. The summed E-state index contributed by atoms with van der Waals surface area (Å²) in [6.07, 6.45) is 2.88. The highest BCUT2D eigenvalue weighted by Crippen LogP contribution is 2.35. The fourth-order valence-corrected chi connectivity index (χ4v) is 5.41. The summed E-state index contributed by atoms with van der Waals surface area (Å²) in [5, 5.41) is 34.9. The third kappa shape index (κ3) is 4.01. The lowest BCUT2D eigenvalue weighted by molar-refractivity contribution is 0.0616. The van der Waals surface area contributed by atoms with Crippen LogP contribution in [0.4, 0.5) is 5.69 Å². The first-order chi connectivity index (χ1) is 20.5. The van der Waals surface area contributed by atoms with E-state index in [1.807, 2.05) is 60.7 Å². The normalized spacial score (nSPS) is 13.3. The van der Waals surface area contributed by atoms with Gasteiger partial charge in [-0.2, -0.15) is 15.2 Å². The summed E-state index contributed by atoms with van der Waals surface area (Å²) in [6, 6.07) is 30.5. The first kappa shape index (κ1) is 25.0. The topological polar surface area (TPSA) is 115 Å². The molecule has 42 heavy (non-hydrogen) atoms. The summed E-state index contributed by atoms with van der Waals surface area (Å²) in [5.41, 5.74) is 5.21. The number of carbonyl (C=O) groups excluding carboxylic acids is 2. The largest absolute Gasteiger partial charge is 0.507 e. The number of amides is 2. The van der Waals surface area contributed by atoms with E-state index in [1.54, 1.807) is 48.7 Å². The molecule has 7 rings (SSSR count). The van der Waals surface area contributed by atoms with Crippen LogP contribution >= 0.6 is 0 Å². The standard InChI is InChI=1S/C34H22N4O4/c39-30-16-12-20-6-1-3-8-22(20)27(30)18-35-37-29-15-14-26-32-24(29)10-5-11-25(32)33(41)38(34(26)42)36-19-28-23-9-4-2-7-21(23)13-17-31(28)40/h1-19,37,39-40H. The molecule has 0 radical (unpaired) electrons. The highest BCUT2D eigenvalue weighted by atomic mass is 16.3. The van der Waals surface area contributed by atoms with Gasteiger partial charge in [-0.25, -0.2) is 0 Å². The fraction of sp³-hybridized carbons (Fsp3) is 0. The van der Waals surface area contributed by atoms with Crippen LogP contribution in [-0.2, 0) is 0 Å². The number of hydrazone groups is 2. The van der Waals surface area contributed by atoms with Gasteiger partial charge in [0.15, 0.2) is 0 Å². The van der Waals surface area contributed by atoms with Crippen molar-refractivity contribution in [2.24, 2.45) is 10.2 Å². The van der Waals surface area contributed by atoms with Crippen molar-refractivity contribution in [1.82, 2.24) is 5.01 Å². The van der Waals surface area contributed by atoms with Gasteiger partial charge in [-0.05, 0) is 51.9 Å². The Hall–Kier alpha value is -6.02. The lowest BCUT2D eigenvalue weighted by atomic mass is 9.94. The van der Waals surface area contributed by atoms with E-state index in [-0.39, 0.29) is 11.5 Å². The number of carbonyl (C=O) groups is 2. The van der Waals surface area contributed by atoms with E-state index < -0.39 is 11.8 Å². The van der Waals surface area contributed by atoms with Crippen molar-refractivity contribution in [3.63, 3.8) is 0 Å². The Kier molecular flexibility index (Phi) is 5.87. The van der Waals surface area contributed by atoms with Gasteiger partial charge in [0.2, 0.25) is 0 Å². The summed E-state index contributed by atoms with van der Waals surface area (Å²) in [6.45, 7) is 0. The Bertz CT molecular complexity index is 2130. The van der Waals surface area contributed by atoms with Gasteiger partial charge >= 0.3 is 0 Å². The molecule has 1 aliphatic rings. The van der Waals surface area contributed by atoms with E-state index in [2.05, 4.69) is 15.6 Å². The zero-order valence-electron chi connectivity index (χ0n) is 22.0. The predicted octanol–water partition coefficient (Wildman–Crippen LogP) is 6.63. The number of nitrogens with one attached hydrogen (secondary N) is 1. The van der Waals surface area contributed by atoms with Gasteiger partial charge in [0.25, 0.3) is 11.8 Å². The van der Waals surface area contributed by atoms with Gasteiger partial charge in [-0.1, -0.05) is 72.8 Å². The minimum Gasteiger partial charge on any atom is -0.507 e. The number of imide groups is 1. The molecule has 1 heterocycles. The molecule has 2 amide bonds. The van der Waals surface area contributed by atoms with Gasteiger partial charge in [-0.3, -0.25) is 15.0 Å². The Labute approximate surface area is 239 Å². The molecule has 6 aromatic carbocycles. The molecule has 0 aliphatic carbocycles. The third-order valence-corrected chi connectivity index (χ3v) is 7.46. The number of anilines is 1. The molecular weight excluding hydrogens is 528 g/mol. The monoisotopic (exact) mass is 550 g/mol. The van der Waals surface area contributed by atoms with Gasteiger partial charge in [0, 0.05) is 21.9 Å². The van der Waals surface area contributed by atoms with Crippen LogP contribution in [0.2, 0.25) is 0 Å². The quantitative estimate of drug-likeness (QED) is 0.127. The highest BCUT2D eigenvalue weighted by Gasteiger charge is 2.33. The molecule has 8 heteroatoms. The number of aromatic hydroxyl groups is 2. The van der Waals surface area contributed by atoms with Crippen LogP contribution in [0.5, 0.6) is 11.5 Å². The molecule has 0 spiro atoms. The molecule has 0 bridgehead atoms. The molecule has 202 valence electrons. The van der Waals surface area contributed by atoms with E-state index in [1.165, 1.54) is 6.21 Å². The molecule has 6 aromatic rings. The van der Waals surface area contributed by atoms with Crippen LogP contribution in [0.3, 0.4) is 0 Å². The lowest BCUT2D eigenvalue weighted by Gasteiger charge is -2.24. The zero-order valence-corrected chi connectivity index (χ0v) is 22.0. The van der Waals surface area contributed by atoms with Crippen LogP contribution < -0.4 is 5.43 Å². The molecule has 8 nitrogen and oxygen atoms in total. The van der Waals surface area contributed by atoms with Crippen molar-refractivity contribution in [1.29, 1.82) is 0 Å². The van der Waals surface area contributed by atoms with Crippen molar-refractivity contribution in [3.8, 4) is 11.5 Å². The Morgan fingerprint density at radius 2 is 1.17 bits per heavy atom. The van der Waals surface area contributed by atoms with Crippen LogP contribution in [0.1, 0.15) is 31.8 Å². The number of nitrogens with zero attached hydrogens (tertiary/aromatic N) is 3. The number of phenolic OH excluding ortho intramolecular Hbond substituents is 2. The van der Waals surface area contributed by atoms with E-state index in [9.17, 15) is 19.8 Å². The zero-order chi connectivity index (χ0) is 28.8. The van der Waals surface area contributed by atoms with Crippen molar-refractivity contribution < 1.29 is 19.8 Å². The number of hydrogen-bond acceptors (Lipinski definition) is 7. The summed E-state index contributed by atoms with van der Waals surface area (Å²) < 4.78 is 0. The van der Waals surface area contributed by atoms with Crippen LogP contribution in [0, 0.1) is 0 Å². The Balaban J connectivity index is 1.23. The maximum atomic E-state index is 13.5. The number of rotatable bonds is 5. The molecule has 0 unspecified atom stereocenters. The van der Waals surface area contributed by atoms with Gasteiger partial charge in [-0.15, -0.1) is 0 Å². The minimum absolute atomic E-state index is 0.00931. The van der Waals surface area contributed by atoms with Crippen molar-refractivity contribution in [2.75, 3.05) is 5.43 Å². The van der Waals surface area contributed by atoms with Crippen molar-refractivity contribution >= 4 is 62.2 Å². The average Bonchev–Trinajstić information content (AvgIpc) is 3.02. The highest BCUT2D eigenvalue weighted by molar-refractivity contribution is 6.27. The molecular formula is C34H22N4O4. The number of hydrogen-bond donors (Lipinski definition) is 3. The third-order valence-electron chi connectivity index (χ3n) is 7.46. The van der Waals surface area contributed by atoms with E-state index in [0.717, 1.165) is 26.6 Å². The van der Waals surface area contributed by atoms with E-state index in [0.29, 0.717) is 38.7 Å². The summed E-state index contributed by atoms with van der Waals surface area (Å²) in [4.78, 5) is 27.0. The van der Waals surface area contributed by atoms with Crippen LogP contribution in [-0.4, -0.2) is 39.5 Å². The molecule has 0 atom stereocenters. The molecule has 0 aromatic heterocycles. The molecule has 0 fully saturated rings. The smallest absolute Gasteiger partial charge is 0.282 e.